The summed E-state index contributed by atoms with van der Waals surface area (Å²) < 4.78 is 5.21. The molecule has 0 saturated heterocycles. The molecule has 0 aliphatic heterocycles. The predicted octanol–water partition coefficient (Wildman–Crippen LogP) is 5.89. The number of hydrogen-bond donors (Lipinski definition) is 3. The molecule has 1 amide bonds. The van der Waals surface area contributed by atoms with Gasteiger partial charge in [-0.05, 0) is 61.1 Å². The van der Waals surface area contributed by atoms with Gasteiger partial charge in [-0.1, -0.05) is 92.8 Å². The van der Waals surface area contributed by atoms with Gasteiger partial charge in [-0.25, -0.2) is 0 Å². The lowest BCUT2D eigenvalue weighted by molar-refractivity contribution is -0.146. The van der Waals surface area contributed by atoms with E-state index in [-0.39, 0.29) is 23.6 Å². The molecule has 208 valence electrons. The van der Waals surface area contributed by atoms with Crippen LogP contribution in [0.4, 0.5) is 0 Å². The van der Waals surface area contributed by atoms with Gasteiger partial charge in [-0.3, -0.25) is 15.0 Å². The Morgan fingerprint density at radius 3 is 2.33 bits per heavy atom. The number of rotatable bonds is 10. The molecule has 2 atom stereocenters. The Bertz CT molecular complexity index is 1130. The molecule has 6 heteroatoms. The van der Waals surface area contributed by atoms with Crippen molar-refractivity contribution in [1.82, 2.24) is 5.32 Å². The van der Waals surface area contributed by atoms with Gasteiger partial charge in [0.15, 0.2) is 0 Å². The molecule has 2 fully saturated rings. The second kappa shape index (κ2) is 14.1. The molecule has 0 bridgehead atoms. The van der Waals surface area contributed by atoms with E-state index < -0.39 is 12.0 Å². The third-order valence-corrected chi connectivity index (χ3v) is 8.69. The summed E-state index contributed by atoms with van der Waals surface area (Å²) in [6.45, 7) is 0. The number of esters is 1. The second-order valence-corrected chi connectivity index (χ2v) is 11.3. The summed E-state index contributed by atoms with van der Waals surface area (Å²) in [6, 6.07) is 16.7. The molecule has 0 unspecified atom stereocenters. The summed E-state index contributed by atoms with van der Waals surface area (Å²) in [6.07, 6.45) is 15.0. The minimum Gasteiger partial charge on any atom is -0.469 e. The minimum absolute atomic E-state index is 0.0196. The molecule has 39 heavy (non-hydrogen) atoms. The van der Waals surface area contributed by atoms with Gasteiger partial charge in [-0.2, -0.15) is 0 Å². The van der Waals surface area contributed by atoms with Crippen molar-refractivity contribution in [1.29, 1.82) is 5.41 Å². The lowest BCUT2D eigenvalue weighted by Crippen LogP contribution is -2.46. The first-order chi connectivity index (χ1) is 18.9. The Kier molecular flexibility index (Phi) is 10.3. The van der Waals surface area contributed by atoms with E-state index in [2.05, 4.69) is 5.32 Å². The Morgan fingerprint density at radius 2 is 1.67 bits per heavy atom. The molecule has 0 radical (unpaired) electrons. The number of nitrogen functional groups attached to an aromatic ring is 1. The van der Waals surface area contributed by atoms with E-state index in [0.717, 1.165) is 48.6 Å². The average molecular weight is 530 g/mol. The van der Waals surface area contributed by atoms with Crippen molar-refractivity contribution in [2.45, 2.75) is 70.3 Å². The molecule has 2 aromatic carbocycles. The third-order valence-electron chi connectivity index (χ3n) is 8.69. The smallest absolute Gasteiger partial charge is 0.311 e. The highest BCUT2D eigenvalue weighted by molar-refractivity contribution is 5.95. The van der Waals surface area contributed by atoms with Crippen LogP contribution in [0.5, 0.6) is 0 Å². The van der Waals surface area contributed by atoms with Gasteiger partial charge in [0.05, 0.1) is 19.1 Å². The fourth-order valence-corrected chi connectivity index (χ4v) is 6.43. The number of benzene rings is 2. The zero-order valence-corrected chi connectivity index (χ0v) is 23.1. The summed E-state index contributed by atoms with van der Waals surface area (Å²) in [5.74, 6) is 0.539. The van der Waals surface area contributed by atoms with E-state index in [4.69, 9.17) is 15.9 Å². The Hall–Kier alpha value is -3.41. The number of ether oxygens (including phenoxy) is 1. The number of amides is 1. The summed E-state index contributed by atoms with van der Waals surface area (Å²) in [4.78, 5) is 26.7. The van der Waals surface area contributed by atoms with Crippen molar-refractivity contribution >= 4 is 23.8 Å². The first-order valence-corrected chi connectivity index (χ1v) is 14.5. The minimum atomic E-state index is -0.625. The summed E-state index contributed by atoms with van der Waals surface area (Å²) in [5, 5.41) is 11.0. The molecule has 6 nitrogen and oxygen atoms in total. The highest BCUT2D eigenvalue weighted by Crippen LogP contribution is 2.40. The zero-order chi connectivity index (χ0) is 27.6. The Morgan fingerprint density at radius 1 is 0.974 bits per heavy atom. The van der Waals surface area contributed by atoms with Crippen LogP contribution in [0.3, 0.4) is 0 Å². The molecule has 2 aliphatic carbocycles. The molecule has 2 aromatic rings. The van der Waals surface area contributed by atoms with Crippen LogP contribution in [0, 0.1) is 29.1 Å². The lowest BCUT2D eigenvalue weighted by atomic mass is 9.71. The van der Waals surface area contributed by atoms with Gasteiger partial charge in [-0.15, -0.1) is 0 Å². The van der Waals surface area contributed by atoms with Crippen molar-refractivity contribution in [3.63, 3.8) is 0 Å². The molecule has 4 rings (SSSR count). The maximum atomic E-state index is 13.6. The van der Waals surface area contributed by atoms with Crippen LogP contribution in [0.1, 0.15) is 74.5 Å². The van der Waals surface area contributed by atoms with Crippen molar-refractivity contribution < 1.29 is 14.3 Å². The highest BCUT2D eigenvalue weighted by Gasteiger charge is 2.34. The third kappa shape index (κ3) is 8.04. The monoisotopic (exact) mass is 529 g/mol. The van der Waals surface area contributed by atoms with Crippen LogP contribution in [0.25, 0.3) is 6.08 Å². The summed E-state index contributed by atoms with van der Waals surface area (Å²) in [5.41, 5.74) is 8.16. The summed E-state index contributed by atoms with van der Waals surface area (Å²) >= 11 is 0. The number of carbonyl (C=O) groups is 2. The second-order valence-electron chi connectivity index (χ2n) is 11.3. The van der Waals surface area contributed by atoms with Crippen molar-refractivity contribution in [2.24, 2.45) is 29.4 Å². The van der Waals surface area contributed by atoms with Crippen molar-refractivity contribution in [3.8, 4) is 0 Å². The molecule has 0 heterocycles. The molecular formula is C33H43N3O3. The van der Waals surface area contributed by atoms with Crippen molar-refractivity contribution in [3.05, 3.63) is 77.4 Å². The van der Waals surface area contributed by atoms with Crippen LogP contribution in [0.2, 0.25) is 0 Å². The highest BCUT2D eigenvalue weighted by atomic mass is 16.5. The predicted molar refractivity (Wildman–Crippen MR) is 156 cm³/mol. The number of hydrogen-bond acceptors (Lipinski definition) is 4. The number of methoxy groups -OCH3 is 1. The van der Waals surface area contributed by atoms with Gasteiger partial charge >= 0.3 is 5.97 Å². The van der Waals surface area contributed by atoms with E-state index in [9.17, 15) is 9.59 Å². The van der Waals surface area contributed by atoms with E-state index in [1.807, 2.05) is 60.7 Å². The SMILES string of the molecule is COC(=O)[C@@H](Cc1cccc(C(=N)N)c1)[C@H](/C=C/c1ccccc1)NC(=O)C1CCC(C2CCCCC2)CC1. The Labute approximate surface area is 232 Å². The van der Waals surface area contributed by atoms with E-state index in [1.54, 1.807) is 6.07 Å². The molecule has 2 aliphatic rings. The van der Waals surface area contributed by atoms with Crippen LogP contribution in [-0.4, -0.2) is 30.9 Å². The molecular weight excluding hydrogens is 486 g/mol. The van der Waals surface area contributed by atoms with Crippen LogP contribution in [0.15, 0.2) is 60.7 Å². The van der Waals surface area contributed by atoms with Gasteiger partial charge in [0.2, 0.25) is 5.91 Å². The standard InChI is InChI=1S/C33H43N3O3/c1-39-33(38)29(22-24-11-8-14-28(21-24)31(34)35)30(20-15-23-9-4-2-5-10-23)36-32(37)27-18-16-26(17-19-27)25-12-6-3-7-13-25/h2,4-5,8-11,14-15,20-21,25-27,29-30H,3,6-7,12-13,16-19,22H2,1H3,(H3,34,35)(H,36,37)/b20-15+/t26?,27?,29-,30-/m0/s1. The first kappa shape index (κ1) is 28.6. The van der Waals surface area contributed by atoms with Crippen LogP contribution < -0.4 is 11.1 Å². The summed E-state index contributed by atoms with van der Waals surface area (Å²) in [7, 11) is 1.38. The van der Waals surface area contributed by atoms with E-state index in [0.29, 0.717) is 12.0 Å². The normalized spacial score (nSPS) is 21.7. The van der Waals surface area contributed by atoms with Crippen LogP contribution in [-0.2, 0) is 20.7 Å². The van der Waals surface area contributed by atoms with Gasteiger partial charge in [0.25, 0.3) is 0 Å². The average Bonchev–Trinajstić information content (AvgIpc) is 2.99. The fourth-order valence-electron chi connectivity index (χ4n) is 6.43. The van der Waals surface area contributed by atoms with Gasteiger partial charge < -0.3 is 15.8 Å². The largest absolute Gasteiger partial charge is 0.469 e. The first-order valence-electron chi connectivity index (χ1n) is 14.5. The lowest BCUT2D eigenvalue weighted by Gasteiger charge is -2.36. The Balaban J connectivity index is 1.51. The van der Waals surface area contributed by atoms with E-state index >= 15 is 0 Å². The number of nitrogens with two attached hydrogens (primary N) is 1. The van der Waals surface area contributed by atoms with Crippen molar-refractivity contribution in [2.75, 3.05) is 7.11 Å². The number of nitrogens with one attached hydrogen (secondary N) is 2. The van der Waals surface area contributed by atoms with E-state index in [1.165, 1.54) is 39.2 Å². The maximum Gasteiger partial charge on any atom is 0.311 e. The molecule has 0 aromatic heterocycles. The molecule has 4 N–H and O–H groups in total. The maximum absolute atomic E-state index is 13.6. The van der Waals surface area contributed by atoms with Gasteiger partial charge in [0.1, 0.15) is 5.84 Å². The quantitative estimate of drug-likeness (QED) is 0.203. The molecule has 0 spiro atoms. The van der Waals surface area contributed by atoms with Gasteiger partial charge in [0, 0.05) is 11.5 Å². The number of carbonyl (C=O) groups excluding carboxylic acids is 2. The topological polar surface area (TPSA) is 105 Å². The van der Waals surface area contributed by atoms with Crippen LogP contribution >= 0.6 is 0 Å². The zero-order valence-electron chi connectivity index (χ0n) is 23.1. The molecule has 2 saturated carbocycles. The fraction of sp³-hybridized carbons (Fsp3) is 0.485. The number of amidine groups is 1.